The normalized spacial score (nSPS) is 10.1. The molecule has 0 nitrogen and oxygen atoms in total. The average molecular weight is 218 g/mol. The third-order valence-electron chi connectivity index (χ3n) is 2.10. The molecule has 0 aliphatic heterocycles. The van der Waals surface area contributed by atoms with Crippen LogP contribution in [0.1, 0.15) is 0 Å². The summed E-state index contributed by atoms with van der Waals surface area (Å²) in [6, 6.07) is 16.2. The minimum Gasteiger partial charge on any atom is -0.142 e. The van der Waals surface area contributed by atoms with Crippen LogP contribution < -0.4 is 0 Å². The van der Waals surface area contributed by atoms with Gasteiger partial charge in [0.2, 0.25) is 0 Å². The molecule has 14 heavy (non-hydrogen) atoms. The van der Waals surface area contributed by atoms with Crippen molar-refractivity contribution in [3.63, 3.8) is 0 Å². The highest BCUT2D eigenvalue weighted by molar-refractivity contribution is 7.83. The molecular weight excluding hydrogens is 208 g/mol. The van der Waals surface area contributed by atoms with Crippen LogP contribution in [-0.4, -0.2) is 0 Å². The Morgan fingerprint density at radius 2 is 0.929 bits per heavy atom. The minimum absolute atomic E-state index is 0.927. The lowest BCUT2D eigenvalue weighted by Crippen LogP contribution is -1.85. The van der Waals surface area contributed by atoms with Crippen LogP contribution in [0.25, 0.3) is 11.1 Å². The van der Waals surface area contributed by atoms with Crippen molar-refractivity contribution in [3.05, 3.63) is 48.5 Å². The van der Waals surface area contributed by atoms with Gasteiger partial charge in [0.15, 0.2) is 0 Å². The largest absolute Gasteiger partial charge is 0.142 e. The first-order valence-electron chi connectivity index (χ1n) is 4.35. The summed E-state index contributed by atoms with van der Waals surface area (Å²) in [5.41, 5.74) is 2.85. The standard InChI is InChI=1S/C6H6S2.C6H4/c7-5-3-1-2-4-6(5)8;1-2-6-4-3-5(1)6/h1-4,7-8H;1-4H. The third-order valence-corrected chi connectivity index (χ3v) is 3.06. The van der Waals surface area contributed by atoms with E-state index in [-0.39, 0.29) is 0 Å². The van der Waals surface area contributed by atoms with Crippen molar-refractivity contribution in [2.24, 2.45) is 0 Å². The van der Waals surface area contributed by atoms with Crippen LogP contribution in [0.4, 0.5) is 0 Å². The van der Waals surface area contributed by atoms with Crippen LogP contribution in [-0.2, 0) is 0 Å². The van der Waals surface area contributed by atoms with Crippen LogP contribution >= 0.6 is 25.3 Å². The van der Waals surface area contributed by atoms with E-state index in [0.29, 0.717) is 0 Å². The van der Waals surface area contributed by atoms with E-state index in [1.54, 1.807) is 0 Å². The smallest absolute Gasteiger partial charge is 0.0174 e. The van der Waals surface area contributed by atoms with Crippen LogP contribution in [0.15, 0.2) is 58.3 Å². The summed E-state index contributed by atoms with van der Waals surface area (Å²) < 4.78 is 0. The molecule has 70 valence electrons. The van der Waals surface area contributed by atoms with Crippen LogP contribution in [0, 0.1) is 0 Å². The zero-order chi connectivity index (χ0) is 9.97. The third kappa shape index (κ3) is 1.97. The Kier molecular flexibility index (Phi) is 2.85. The van der Waals surface area contributed by atoms with Gasteiger partial charge in [-0.3, -0.25) is 0 Å². The number of benzene rings is 2. The summed E-state index contributed by atoms with van der Waals surface area (Å²) in [7, 11) is 0. The predicted octanol–water partition coefficient (Wildman–Crippen LogP) is 3.93. The lowest BCUT2D eigenvalue weighted by molar-refractivity contribution is 1.27. The topological polar surface area (TPSA) is 0 Å². The lowest BCUT2D eigenvalue weighted by Gasteiger charge is -2.10. The van der Waals surface area contributed by atoms with Gasteiger partial charge in [0.25, 0.3) is 0 Å². The Morgan fingerprint density at radius 1 is 0.571 bits per heavy atom. The number of hydrogen-bond donors (Lipinski definition) is 2. The van der Waals surface area contributed by atoms with E-state index in [0.717, 1.165) is 9.79 Å². The van der Waals surface area contributed by atoms with E-state index < -0.39 is 0 Å². The van der Waals surface area contributed by atoms with Crippen LogP contribution in [0.3, 0.4) is 0 Å². The fraction of sp³-hybridized carbons (Fsp3) is 0. The van der Waals surface area contributed by atoms with Gasteiger partial charge in [0.05, 0.1) is 0 Å². The molecule has 0 heterocycles. The average Bonchev–Trinajstić information content (AvgIpc) is 2.17. The summed E-state index contributed by atoms with van der Waals surface area (Å²) in [6.45, 7) is 0. The second-order valence-corrected chi connectivity index (χ2v) is 4.03. The maximum Gasteiger partial charge on any atom is 0.0174 e. The van der Waals surface area contributed by atoms with Crippen molar-refractivity contribution in [3.8, 4) is 11.1 Å². The van der Waals surface area contributed by atoms with Crippen molar-refractivity contribution in [1.82, 2.24) is 0 Å². The summed E-state index contributed by atoms with van der Waals surface area (Å²) in [4.78, 5) is 1.85. The first-order valence-corrected chi connectivity index (χ1v) is 5.24. The quantitative estimate of drug-likeness (QED) is 0.525. The van der Waals surface area contributed by atoms with Gasteiger partial charge in [-0.15, -0.1) is 25.3 Å². The molecule has 1 aromatic rings. The molecule has 0 fully saturated rings. The fourth-order valence-electron chi connectivity index (χ4n) is 1.13. The first kappa shape index (κ1) is 9.69. The number of thiol groups is 2. The molecule has 0 N–H and O–H groups in total. The SMILES string of the molecule is Sc1ccccc1S.c1cc2ccc1-2. The summed E-state index contributed by atoms with van der Waals surface area (Å²) in [6.07, 6.45) is 0. The Morgan fingerprint density at radius 3 is 1.07 bits per heavy atom. The molecule has 0 spiro atoms. The Hall–Kier alpha value is -0.860. The van der Waals surface area contributed by atoms with Gasteiger partial charge in [0, 0.05) is 9.79 Å². The summed E-state index contributed by atoms with van der Waals surface area (Å²) in [5, 5.41) is 0. The molecular formula is C12H10S2. The molecule has 0 saturated carbocycles. The van der Waals surface area contributed by atoms with Crippen molar-refractivity contribution in [1.29, 1.82) is 0 Å². The Bertz CT molecular complexity index is 390. The maximum absolute atomic E-state index is 4.12. The second kappa shape index (κ2) is 4.11. The van der Waals surface area contributed by atoms with Gasteiger partial charge in [-0.1, -0.05) is 36.4 Å². The lowest BCUT2D eigenvalue weighted by atomic mass is 9.95. The molecule has 0 aromatic heterocycles. The van der Waals surface area contributed by atoms with E-state index in [1.165, 1.54) is 11.1 Å². The molecule has 3 rings (SSSR count). The van der Waals surface area contributed by atoms with Crippen LogP contribution in [0.5, 0.6) is 0 Å². The molecule has 0 unspecified atom stereocenters. The number of fused-ring (bicyclic) bond motifs is 1. The monoisotopic (exact) mass is 218 g/mol. The van der Waals surface area contributed by atoms with Crippen molar-refractivity contribution in [2.45, 2.75) is 9.79 Å². The molecule has 1 aromatic carbocycles. The van der Waals surface area contributed by atoms with E-state index in [1.807, 2.05) is 24.3 Å². The Labute approximate surface area is 94.8 Å². The molecule has 2 heteroatoms. The number of hydrogen-bond acceptors (Lipinski definition) is 2. The molecule has 0 bridgehead atoms. The van der Waals surface area contributed by atoms with Crippen molar-refractivity contribution < 1.29 is 0 Å². The van der Waals surface area contributed by atoms with Gasteiger partial charge in [-0.25, -0.2) is 0 Å². The highest BCUT2D eigenvalue weighted by atomic mass is 32.1. The zero-order valence-corrected chi connectivity index (χ0v) is 9.30. The van der Waals surface area contributed by atoms with Gasteiger partial charge < -0.3 is 0 Å². The van der Waals surface area contributed by atoms with E-state index in [4.69, 9.17) is 0 Å². The van der Waals surface area contributed by atoms with E-state index in [9.17, 15) is 0 Å². The highest BCUT2D eigenvalue weighted by Gasteiger charge is 2.03. The minimum atomic E-state index is 0.927. The highest BCUT2D eigenvalue weighted by Crippen LogP contribution is 2.29. The van der Waals surface area contributed by atoms with Gasteiger partial charge in [-0.05, 0) is 23.3 Å². The second-order valence-electron chi connectivity index (χ2n) is 3.07. The number of rotatable bonds is 0. The van der Waals surface area contributed by atoms with Crippen molar-refractivity contribution in [2.75, 3.05) is 0 Å². The summed E-state index contributed by atoms with van der Waals surface area (Å²) in [5.74, 6) is 0. The van der Waals surface area contributed by atoms with Crippen molar-refractivity contribution >= 4 is 25.3 Å². The van der Waals surface area contributed by atoms with Crippen LogP contribution in [0.2, 0.25) is 0 Å². The van der Waals surface area contributed by atoms with E-state index in [2.05, 4.69) is 49.5 Å². The molecule has 0 radical (unpaired) electrons. The van der Waals surface area contributed by atoms with Gasteiger partial charge >= 0.3 is 0 Å². The molecule has 2 aliphatic carbocycles. The molecule has 0 atom stereocenters. The zero-order valence-electron chi connectivity index (χ0n) is 7.51. The maximum atomic E-state index is 4.12. The molecule has 2 aliphatic rings. The predicted molar refractivity (Wildman–Crippen MR) is 66.4 cm³/mol. The van der Waals surface area contributed by atoms with Gasteiger partial charge in [-0.2, -0.15) is 0 Å². The molecule has 0 amide bonds. The first-order chi connectivity index (χ1) is 6.77. The Balaban J connectivity index is 0.000000110. The van der Waals surface area contributed by atoms with Gasteiger partial charge in [0.1, 0.15) is 0 Å². The van der Waals surface area contributed by atoms with E-state index >= 15 is 0 Å². The fourth-order valence-corrected chi connectivity index (χ4v) is 1.45. The molecule has 0 saturated heterocycles. The summed E-state index contributed by atoms with van der Waals surface area (Å²) >= 11 is 8.24.